The largest absolute Gasteiger partial charge is 0.573 e. The molecule has 0 saturated carbocycles. The third-order valence-electron chi connectivity index (χ3n) is 2.01. The van der Waals surface area contributed by atoms with Gasteiger partial charge in [0.15, 0.2) is 0 Å². The van der Waals surface area contributed by atoms with E-state index in [-0.39, 0.29) is 12.0 Å². The molecular weight excluding hydrogens is 253 g/mol. The van der Waals surface area contributed by atoms with E-state index in [4.69, 9.17) is 5.11 Å². The minimum Gasteiger partial charge on any atom is -0.481 e. The predicted octanol–water partition coefficient (Wildman–Crippen LogP) is 1.95. The number of benzene rings is 1. The highest BCUT2D eigenvalue weighted by Crippen LogP contribution is 2.27. The van der Waals surface area contributed by atoms with Crippen LogP contribution >= 0.6 is 0 Å². The SMILES string of the molecule is O=CCc1ccc(OC(F)(F)F)c(CC(=O)O)c1. The van der Waals surface area contributed by atoms with Gasteiger partial charge >= 0.3 is 12.3 Å². The molecule has 98 valence electrons. The number of carbonyl (C=O) groups is 2. The molecule has 0 aromatic heterocycles. The van der Waals surface area contributed by atoms with Crippen LogP contribution in [0.15, 0.2) is 18.2 Å². The maximum absolute atomic E-state index is 12.1. The zero-order valence-electron chi connectivity index (χ0n) is 9.03. The maximum atomic E-state index is 12.1. The van der Waals surface area contributed by atoms with Gasteiger partial charge in [0.25, 0.3) is 0 Å². The number of halogens is 3. The van der Waals surface area contributed by atoms with Gasteiger partial charge in [-0.2, -0.15) is 0 Å². The van der Waals surface area contributed by atoms with Crippen LogP contribution in [-0.4, -0.2) is 23.7 Å². The molecule has 0 aliphatic heterocycles. The van der Waals surface area contributed by atoms with Crippen molar-refractivity contribution in [2.75, 3.05) is 0 Å². The van der Waals surface area contributed by atoms with E-state index in [1.807, 2.05) is 0 Å². The third kappa shape index (κ3) is 4.44. The average molecular weight is 262 g/mol. The summed E-state index contributed by atoms with van der Waals surface area (Å²) in [5, 5.41) is 8.60. The van der Waals surface area contributed by atoms with Crippen molar-refractivity contribution in [3.8, 4) is 5.75 Å². The minimum absolute atomic E-state index is 0.00107. The Morgan fingerprint density at radius 1 is 1.39 bits per heavy atom. The fraction of sp³-hybridized carbons (Fsp3) is 0.273. The first-order valence-corrected chi connectivity index (χ1v) is 4.85. The number of alkyl halides is 3. The van der Waals surface area contributed by atoms with E-state index in [1.54, 1.807) is 0 Å². The zero-order valence-corrected chi connectivity index (χ0v) is 9.03. The van der Waals surface area contributed by atoms with Crippen LogP contribution in [0.3, 0.4) is 0 Å². The number of carboxylic acid groups (broad SMARTS) is 1. The van der Waals surface area contributed by atoms with Crippen molar-refractivity contribution in [1.29, 1.82) is 0 Å². The summed E-state index contributed by atoms with van der Waals surface area (Å²) in [5.41, 5.74) is 0.301. The van der Waals surface area contributed by atoms with E-state index in [9.17, 15) is 22.8 Å². The van der Waals surface area contributed by atoms with Crippen molar-refractivity contribution >= 4 is 12.3 Å². The zero-order chi connectivity index (χ0) is 13.8. The van der Waals surface area contributed by atoms with E-state index in [2.05, 4.69) is 4.74 Å². The molecule has 0 amide bonds. The Hall–Kier alpha value is -2.05. The molecule has 1 aromatic rings. The van der Waals surface area contributed by atoms with Gasteiger partial charge in [-0.05, 0) is 11.6 Å². The Morgan fingerprint density at radius 3 is 2.56 bits per heavy atom. The summed E-state index contributed by atoms with van der Waals surface area (Å²) >= 11 is 0. The van der Waals surface area contributed by atoms with Crippen LogP contribution in [0.1, 0.15) is 11.1 Å². The van der Waals surface area contributed by atoms with Gasteiger partial charge in [-0.25, -0.2) is 0 Å². The smallest absolute Gasteiger partial charge is 0.481 e. The second kappa shape index (κ2) is 5.52. The molecule has 7 heteroatoms. The van der Waals surface area contributed by atoms with Gasteiger partial charge in [0.05, 0.1) is 6.42 Å². The normalized spacial score (nSPS) is 11.1. The molecule has 1 aromatic carbocycles. The van der Waals surface area contributed by atoms with Crippen molar-refractivity contribution in [2.45, 2.75) is 19.2 Å². The summed E-state index contributed by atoms with van der Waals surface area (Å²) in [6.45, 7) is 0. The van der Waals surface area contributed by atoms with Crippen molar-refractivity contribution in [1.82, 2.24) is 0 Å². The Balaban J connectivity index is 3.07. The molecule has 0 aliphatic rings. The van der Waals surface area contributed by atoms with E-state index in [0.717, 1.165) is 6.07 Å². The fourth-order valence-corrected chi connectivity index (χ4v) is 1.38. The molecule has 0 radical (unpaired) electrons. The van der Waals surface area contributed by atoms with Crippen molar-refractivity contribution in [3.05, 3.63) is 29.3 Å². The van der Waals surface area contributed by atoms with Crippen LogP contribution in [0, 0.1) is 0 Å². The van der Waals surface area contributed by atoms with Gasteiger partial charge in [-0.3, -0.25) is 4.79 Å². The molecule has 0 saturated heterocycles. The standard InChI is InChI=1S/C11H9F3O4/c12-11(13,14)18-9-2-1-7(3-4-15)5-8(9)6-10(16)17/h1-2,4-5H,3,6H2,(H,16,17). The van der Waals surface area contributed by atoms with Gasteiger partial charge in [-0.1, -0.05) is 12.1 Å². The number of hydrogen-bond acceptors (Lipinski definition) is 3. The van der Waals surface area contributed by atoms with E-state index in [0.29, 0.717) is 11.8 Å². The van der Waals surface area contributed by atoms with Gasteiger partial charge in [-0.15, -0.1) is 13.2 Å². The highest BCUT2D eigenvalue weighted by atomic mass is 19.4. The number of aldehydes is 1. The molecule has 0 spiro atoms. The Kier molecular flexibility index (Phi) is 4.30. The monoisotopic (exact) mass is 262 g/mol. The van der Waals surface area contributed by atoms with E-state index in [1.165, 1.54) is 12.1 Å². The van der Waals surface area contributed by atoms with Crippen molar-refractivity contribution < 1.29 is 32.6 Å². The number of rotatable bonds is 5. The highest BCUT2D eigenvalue weighted by Gasteiger charge is 2.32. The lowest BCUT2D eigenvalue weighted by atomic mass is 10.1. The Labute approximate surface area is 100.0 Å². The lowest BCUT2D eigenvalue weighted by Gasteiger charge is -2.13. The van der Waals surface area contributed by atoms with E-state index >= 15 is 0 Å². The molecule has 1 rings (SSSR count). The lowest BCUT2D eigenvalue weighted by Crippen LogP contribution is -2.18. The van der Waals surface area contributed by atoms with Crippen LogP contribution in [0.4, 0.5) is 13.2 Å². The van der Waals surface area contributed by atoms with Crippen LogP contribution < -0.4 is 4.74 Å². The number of hydrogen-bond donors (Lipinski definition) is 1. The number of ether oxygens (including phenoxy) is 1. The summed E-state index contributed by atoms with van der Waals surface area (Å²) in [7, 11) is 0. The van der Waals surface area contributed by atoms with Gasteiger partial charge in [0.1, 0.15) is 12.0 Å². The van der Waals surface area contributed by atoms with Crippen LogP contribution in [0.2, 0.25) is 0 Å². The molecule has 18 heavy (non-hydrogen) atoms. The molecule has 0 heterocycles. The molecule has 4 nitrogen and oxygen atoms in total. The molecule has 0 atom stereocenters. The topological polar surface area (TPSA) is 63.6 Å². The fourth-order valence-electron chi connectivity index (χ4n) is 1.38. The van der Waals surface area contributed by atoms with Crippen LogP contribution in [-0.2, 0) is 22.4 Å². The first-order valence-electron chi connectivity index (χ1n) is 4.85. The Bertz CT molecular complexity index is 454. The number of aliphatic carboxylic acids is 1. The minimum atomic E-state index is -4.89. The van der Waals surface area contributed by atoms with Crippen LogP contribution in [0.25, 0.3) is 0 Å². The molecule has 1 N–H and O–H groups in total. The summed E-state index contributed by atoms with van der Waals surface area (Å²) < 4.78 is 40.0. The average Bonchev–Trinajstić information content (AvgIpc) is 2.19. The maximum Gasteiger partial charge on any atom is 0.573 e. The predicted molar refractivity (Wildman–Crippen MR) is 54.2 cm³/mol. The third-order valence-corrected chi connectivity index (χ3v) is 2.01. The molecule has 0 fully saturated rings. The van der Waals surface area contributed by atoms with Gasteiger partial charge < -0.3 is 14.6 Å². The van der Waals surface area contributed by atoms with E-state index < -0.39 is 24.5 Å². The summed E-state index contributed by atoms with van der Waals surface area (Å²) in [5.74, 6) is -1.86. The lowest BCUT2D eigenvalue weighted by molar-refractivity contribution is -0.275. The van der Waals surface area contributed by atoms with Gasteiger partial charge in [0.2, 0.25) is 0 Å². The summed E-state index contributed by atoms with van der Waals surface area (Å²) in [6.07, 6.45) is -4.93. The first-order chi connectivity index (χ1) is 8.31. The highest BCUT2D eigenvalue weighted by molar-refractivity contribution is 5.71. The quantitative estimate of drug-likeness (QED) is 0.824. The molecule has 0 aliphatic carbocycles. The van der Waals surface area contributed by atoms with Crippen LogP contribution in [0.5, 0.6) is 5.75 Å². The molecule has 0 unspecified atom stereocenters. The van der Waals surface area contributed by atoms with Gasteiger partial charge in [0, 0.05) is 12.0 Å². The second-order valence-electron chi connectivity index (χ2n) is 3.43. The molecular formula is C11H9F3O4. The number of carbonyl (C=O) groups excluding carboxylic acids is 1. The second-order valence-corrected chi connectivity index (χ2v) is 3.43. The summed E-state index contributed by atoms with van der Waals surface area (Å²) in [4.78, 5) is 20.8. The molecule has 0 bridgehead atoms. The first kappa shape index (κ1) is 14.0. The Morgan fingerprint density at radius 2 is 2.06 bits per heavy atom. The van der Waals surface area contributed by atoms with Crippen molar-refractivity contribution in [2.24, 2.45) is 0 Å². The summed E-state index contributed by atoms with van der Waals surface area (Å²) in [6, 6.07) is 3.50. The van der Waals surface area contributed by atoms with Crippen molar-refractivity contribution in [3.63, 3.8) is 0 Å². The number of carboxylic acids is 1.